The van der Waals surface area contributed by atoms with Gasteiger partial charge in [0.2, 0.25) is 5.91 Å². The summed E-state index contributed by atoms with van der Waals surface area (Å²) in [5, 5.41) is 9.46. The predicted octanol–water partition coefficient (Wildman–Crippen LogP) is 2.59. The van der Waals surface area contributed by atoms with Gasteiger partial charge in [-0.25, -0.2) is 4.79 Å². The fourth-order valence-electron chi connectivity index (χ4n) is 2.31. The Bertz CT molecular complexity index is 720. The van der Waals surface area contributed by atoms with Crippen molar-refractivity contribution in [3.8, 4) is 0 Å². The summed E-state index contributed by atoms with van der Waals surface area (Å²) in [4.78, 5) is 24.9. The molecule has 0 aliphatic rings. The second-order valence-corrected chi connectivity index (χ2v) is 5.70. The number of hydrogen-bond donors (Lipinski definition) is 2. The maximum Gasteiger partial charge on any atom is 0.317 e. The molecule has 0 fully saturated rings. The molecule has 1 heterocycles. The van der Waals surface area contributed by atoms with E-state index in [9.17, 15) is 9.59 Å². The fourth-order valence-corrected chi connectivity index (χ4v) is 2.31. The molecule has 0 radical (unpaired) electrons. The molecule has 0 spiro atoms. The molecule has 0 aliphatic heterocycles. The second-order valence-electron chi connectivity index (χ2n) is 5.70. The van der Waals surface area contributed by atoms with Crippen LogP contribution < -0.4 is 10.6 Å². The maximum absolute atomic E-state index is 12.2. The quantitative estimate of drug-likeness (QED) is 0.882. The number of benzene rings is 1. The van der Waals surface area contributed by atoms with Gasteiger partial charge in [-0.15, -0.1) is 0 Å². The topological polar surface area (TPSA) is 87.5 Å². The van der Waals surface area contributed by atoms with Gasteiger partial charge in [-0.3, -0.25) is 4.79 Å². The van der Waals surface area contributed by atoms with E-state index in [0.29, 0.717) is 18.8 Å². The van der Waals surface area contributed by atoms with Gasteiger partial charge in [-0.1, -0.05) is 17.3 Å². The van der Waals surface area contributed by atoms with Crippen LogP contribution >= 0.6 is 0 Å². The van der Waals surface area contributed by atoms with E-state index in [1.54, 1.807) is 18.0 Å². The number of nitrogens with one attached hydrogen (secondary N) is 2. The fraction of sp³-hybridized carbons (Fsp3) is 0.353. The summed E-state index contributed by atoms with van der Waals surface area (Å²) in [6.45, 7) is 5.94. The van der Waals surface area contributed by atoms with Crippen molar-refractivity contribution in [2.45, 2.75) is 33.9 Å². The molecule has 0 unspecified atom stereocenters. The van der Waals surface area contributed by atoms with Gasteiger partial charge in [0.1, 0.15) is 5.76 Å². The van der Waals surface area contributed by atoms with Gasteiger partial charge < -0.3 is 20.1 Å². The minimum atomic E-state index is -0.195. The first kappa shape index (κ1) is 17.5. The zero-order chi connectivity index (χ0) is 17.7. The van der Waals surface area contributed by atoms with Crippen LogP contribution in [0.25, 0.3) is 0 Å². The number of urea groups is 1. The van der Waals surface area contributed by atoms with Crippen molar-refractivity contribution in [2.75, 3.05) is 12.4 Å². The third kappa shape index (κ3) is 4.58. The first-order valence-electron chi connectivity index (χ1n) is 7.64. The molecule has 7 nitrogen and oxygen atoms in total. The lowest BCUT2D eigenvalue weighted by Crippen LogP contribution is -2.36. The molecule has 2 rings (SSSR count). The molecule has 0 bridgehead atoms. The molecular formula is C17H22N4O3. The summed E-state index contributed by atoms with van der Waals surface area (Å²) in [5.74, 6) is 0.588. The largest absolute Gasteiger partial charge is 0.361 e. The summed E-state index contributed by atoms with van der Waals surface area (Å²) in [7, 11) is 1.72. The van der Waals surface area contributed by atoms with Gasteiger partial charge in [-0.2, -0.15) is 0 Å². The summed E-state index contributed by atoms with van der Waals surface area (Å²) < 4.78 is 5.11. The number of anilines is 1. The molecule has 1 aromatic carbocycles. The molecule has 2 N–H and O–H groups in total. The molecule has 24 heavy (non-hydrogen) atoms. The summed E-state index contributed by atoms with van der Waals surface area (Å²) in [6, 6.07) is 7.16. The molecule has 0 saturated carbocycles. The van der Waals surface area contributed by atoms with Crippen LogP contribution in [0, 0.1) is 13.8 Å². The molecule has 1 aromatic heterocycles. The van der Waals surface area contributed by atoms with Gasteiger partial charge in [0.05, 0.1) is 12.2 Å². The van der Waals surface area contributed by atoms with E-state index in [4.69, 9.17) is 4.52 Å². The van der Waals surface area contributed by atoms with Crippen molar-refractivity contribution >= 4 is 17.6 Å². The van der Waals surface area contributed by atoms with E-state index in [1.165, 1.54) is 6.92 Å². The Morgan fingerprint density at radius 3 is 2.67 bits per heavy atom. The lowest BCUT2D eigenvalue weighted by molar-refractivity contribution is -0.114. The van der Waals surface area contributed by atoms with Crippen molar-refractivity contribution in [1.29, 1.82) is 0 Å². The van der Waals surface area contributed by atoms with Crippen molar-refractivity contribution in [3.63, 3.8) is 0 Å². The Balaban J connectivity index is 1.91. The zero-order valence-corrected chi connectivity index (χ0v) is 14.3. The van der Waals surface area contributed by atoms with Crippen LogP contribution in [0.5, 0.6) is 0 Å². The van der Waals surface area contributed by atoms with Crippen LogP contribution in [0.4, 0.5) is 10.5 Å². The normalized spacial score (nSPS) is 10.3. The number of aromatic nitrogens is 1. The van der Waals surface area contributed by atoms with E-state index in [-0.39, 0.29) is 11.9 Å². The van der Waals surface area contributed by atoms with E-state index in [2.05, 4.69) is 15.8 Å². The lowest BCUT2D eigenvalue weighted by Gasteiger charge is -2.18. The lowest BCUT2D eigenvalue weighted by atomic mass is 10.2. The average Bonchev–Trinajstić information content (AvgIpc) is 2.84. The van der Waals surface area contributed by atoms with Gasteiger partial charge in [0, 0.05) is 31.8 Å². The van der Waals surface area contributed by atoms with Gasteiger partial charge in [-0.05, 0) is 31.5 Å². The number of carbonyl (C=O) groups is 2. The number of rotatable bonds is 5. The standard InChI is InChI=1S/C17H22N4O3/c1-11-16(12(2)24-20-11)10-21(4)17(23)18-9-14-6-5-7-15(8-14)19-13(3)22/h5-8H,9-10H2,1-4H3,(H,18,23)(H,19,22). The highest BCUT2D eigenvalue weighted by Gasteiger charge is 2.15. The van der Waals surface area contributed by atoms with Crippen molar-refractivity contribution in [1.82, 2.24) is 15.4 Å². The maximum atomic E-state index is 12.2. The van der Waals surface area contributed by atoms with Crippen LogP contribution in [0.1, 0.15) is 29.5 Å². The highest BCUT2D eigenvalue weighted by molar-refractivity contribution is 5.88. The first-order chi connectivity index (χ1) is 11.4. The van der Waals surface area contributed by atoms with Crippen molar-refractivity contribution < 1.29 is 14.1 Å². The Morgan fingerprint density at radius 2 is 2.04 bits per heavy atom. The number of amides is 3. The summed E-state index contributed by atoms with van der Waals surface area (Å²) >= 11 is 0. The Kier molecular flexibility index (Phi) is 5.57. The Hall–Kier alpha value is -2.83. The van der Waals surface area contributed by atoms with Crippen LogP contribution in [-0.2, 0) is 17.9 Å². The van der Waals surface area contributed by atoms with Gasteiger partial charge in [0.15, 0.2) is 0 Å². The highest BCUT2D eigenvalue weighted by atomic mass is 16.5. The number of nitrogens with zero attached hydrogens (tertiary/aromatic N) is 2. The van der Waals surface area contributed by atoms with Crippen LogP contribution in [0.15, 0.2) is 28.8 Å². The molecular weight excluding hydrogens is 308 g/mol. The summed E-state index contributed by atoms with van der Waals surface area (Å²) in [5.41, 5.74) is 3.31. The van der Waals surface area contributed by atoms with Crippen LogP contribution in [0.3, 0.4) is 0 Å². The SMILES string of the molecule is CC(=O)Nc1cccc(CNC(=O)N(C)Cc2c(C)noc2C)c1. The zero-order valence-electron chi connectivity index (χ0n) is 14.3. The number of aryl methyl sites for hydroxylation is 2. The molecule has 7 heteroatoms. The number of carbonyl (C=O) groups excluding carboxylic acids is 2. The molecule has 0 atom stereocenters. The highest BCUT2D eigenvalue weighted by Crippen LogP contribution is 2.14. The molecule has 0 aliphatic carbocycles. The second kappa shape index (κ2) is 7.63. The van der Waals surface area contributed by atoms with Crippen molar-refractivity contribution in [2.24, 2.45) is 0 Å². The Morgan fingerprint density at radius 1 is 1.29 bits per heavy atom. The summed E-state index contributed by atoms with van der Waals surface area (Å²) in [6.07, 6.45) is 0. The molecule has 2 aromatic rings. The van der Waals surface area contributed by atoms with Crippen LogP contribution in [-0.4, -0.2) is 29.0 Å². The monoisotopic (exact) mass is 330 g/mol. The van der Waals surface area contributed by atoms with E-state index < -0.39 is 0 Å². The third-order valence-corrected chi connectivity index (χ3v) is 3.61. The van der Waals surface area contributed by atoms with Crippen LogP contribution in [0.2, 0.25) is 0 Å². The minimum Gasteiger partial charge on any atom is -0.361 e. The molecule has 128 valence electrons. The molecule has 3 amide bonds. The van der Waals surface area contributed by atoms with E-state index in [1.807, 2.05) is 32.0 Å². The minimum absolute atomic E-state index is 0.129. The van der Waals surface area contributed by atoms with Crippen molar-refractivity contribution in [3.05, 3.63) is 46.8 Å². The smallest absolute Gasteiger partial charge is 0.317 e. The average molecular weight is 330 g/mol. The first-order valence-corrected chi connectivity index (χ1v) is 7.64. The van der Waals surface area contributed by atoms with E-state index >= 15 is 0 Å². The predicted molar refractivity (Wildman–Crippen MR) is 90.4 cm³/mol. The van der Waals surface area contributed by atoms with Gasteiger partial charge in [0.25, 0.3) is 0 Å². The molecule has 0 saturated heterocycles. The van der Waals surface area contributed by atoms with E-state index in [0.717, 1.165) is 22.6 Å². The Labute approximate surface area is 141 Å². The number of hydrogen-bond acceptors (Lipinski definition) is 4. The third-order valence-electron chi connectivity index (χ3n) is 3.61. The van der Waals surface area contributed by atoms with Gasteiger partial charge >= 0.3 is 6.03 Å².